The fraction of sp³-hybridized carbons (Fsp3) is 0.938. The molecule has 0 aromatic rings. The molecule has 2 rings (SSSR count). The number of rotatable bonds is 6. The van der Waals surface area contributed by atoms with Crippen LogP contribution in [-0.4, -0.2) is 56.2 Å². The van der Waals surface area contributed by atoms with E-state index in [9.17, 15) is 4.79 Å². The van der Waals surface area contributed by atoms with Gasteiger partial charge in [0.15, 0.2) is 0 Å². The van der Waals surface area contributed by atoms with E-state index in [0.29, 0.717) is 12.5 Å². The number of ether oxygens (including phenoxy) is 1. The molecule has 0 radical (unpaired) electrons. The van der Waals surface area contributed by atoms with E-state index in [-0.39, 0.29) is 17.9 Å². The average Bonchev–Trinajstić information content (AvgIpc) is 2.53. The zero-order valence-corrected chi connectivity index (χ0v) is 13.4. The molecular weight excluding hydrogens is 266 g/mol. The highest BCUT2D eigenvalue weighted by molar-refractivity contribution is 5.78. The zero-order chi connectivity index (χ0) is 15.1. The summed E-state index contributed by atoms with van der Waals surface area (Å²) in [4.78, 5) is 14.7. The van der Waals surface area contributed by atoms with Gasteiger partial charge in [-0.05, 0) is 38.3 Å². The second kappa shape index (κ2) is 8.71. The Morgan fingerprint density at radius 1 is 1.43 bits per heavy atom. The van der Waals surface area contributed by atoms with Crippen molar-refractivity contribution in [3.8, 4) is 0 Å². The molecule has 1 amide bonds. The standard InChI is InChI=1S/C16H31N3O2/c1-2-19-8-9-21-15(12-19)11-18-16(20)14-5-3-4-13(10-14)6-7-17/h13-15H,2-12,17H2,1H3,(H,18,20). The van der Waals surface area contributed by atoms with Crippen molar-refractivity contribution < 1.29 is 9.53 Å². The van der Waals surface area contributed by atoms with Crippen molar-refractivity contribution in [1.82, 2.24) is 10.2 Å². The maximum absolute atomic E-state index is 12.3. The number of likely N-dealkylation sites (N-methyl/N-ethyl adjacent to an activating group) is 1. The minimum Gasteiger partial charge on any atom is -0.374 e. The van der Waals surface area contributed by atoms with Crippen molar-refractivity contribution in [3.05, 3.63) is 0 Å². The molecule has 0 bridgehead atoms. The third-order valence-electron chi connectivity index (χ3n) is 4.90. The number of nitrogens with one attached hydrogen (secondary N) is 1. The molecule has 2 aliphatic rings. The Bertz CT molecular complexity index is 323. The summed E-state index contributed by atoms with van der Waals surface area (Å²) in [6.45, 7) is 7.31. The van der Waals surface area contributed by atoms with Crippen LogP contribution in [0.1, 0.15) is 39.0 Å². The Labute approximate surface area is 128 Å². The van der Waals surface area contributed by atoms with Crippen LogP contribution in [0.2, 0.25) is 0 Å². The van der Waals surface area contributed by atoms with Gasteiger partial charge in [0.1, 0.15) is 0 Å². The van der Waals surface area contributed by atoms with E-state index in [1.54, 1.807) is 0 Å². The van der Waals surface area contributed by atoms with Gasteiger partial charge in [-0.2, -0.15) is 0 Å². The smallest absolute Gasteiger partial charge is 0.223 e. The molecule has 5 nitrogen and oxygen atoms in total. The van der Waals surface area contributed by atoms with Crippen LogP contribution in [0.25, 0.3) is 0 Å². The number of nitrogens with zero attached hydrogens (tertiary/aromatic N) is 1. The lowest BCUT2D eigenvalue weighted by atomic mass is 9.79. The van der Waals surface area contributed by atoms with Gasteiger partial charge in [-0.15, -0.1) is 0 Å². The summed E-state index contributed by atoms with van der Waals surface area (Å²) in [5.41, 5.74) is 5.64. The molecule has 0 aromatic heterocycles. The zero-order valence-electron chi connectivity index (χ0n) is 13.4. The van der Waals surface area contributed by atoms with Crippen LogP contribution in [0.4, 0.5) is 0 Å². The Hall–Kier alpha value is -0.650. The molecule has 1 aliphatic heterocycles. The number of hydrogen-bond donors (Lipinski definition) is 2. The number of carbonyl (C=O) groups is 1. The topological polar surface area (TPSA) is 67.6 Å². The van der Waals surface area contributed by atoms with Gasteiger partial charge in [0.2, 0.25) is 5.91 Å². The van der Waals surface area contributed by atoms with E-state index in [1.807, 2.05) is 0 Å². The summed E-state index contributed by atoms with van der Waals surface area (Å²) in [6.07, 6.45) is 5.63. The van der Waals surface area contributed by atoms with Gasteiger partial charge in [0.25, 0.3) is 0 Å². The highest BCUT2D eigenvalue weighted by Gasteiger charge is 2.27. The number of amides is 1. The molecule has 0 aromatic carbocycles. The minimum atomic E-state index is 0.145. The van der Waals surface area contributed by atoms with E-state index >= 15 is 0 Å². The first kappa shape index (κ1) is 16.7. The summed E-state index contributed by atoms with van der Waals surface area (Å²) in [5, 5.41) is 3.11. The molecule has 3 N–H and O–H groups in total. The van der Waals surface area contributed by atoms with Gasteiger partial charge < -0.3 is 15.8 Å². The first-order chi connectivity index (χ1) is 10.2. The fourth-order valence-corrected chi connectivity index (χ4v) is 3.58. The molecular formula is C16H31N3O2. The molecule has 0 spiro atoms. The van der Waals surface area contributed by atoms with Gasteiger partial charge in [-0.25, -0.2) is 0 Å². The van der Waals surface area contributed by atoms with Crippen LogP contribution < -0.4 is 11.1 Å². The van der Waals surface area contributed by atoms with Crippen LogP contribution >= 0.6 is 0 Å². The van der Waals surface area contributed by atoms with Crippen LogP contribution in [0.5, 0.6) is 0 Å². The average molecular weight is 297 g/mol. The highest BCUT2D eigenvalue weighted by atomic mass is 16.5. The number of morpholine rings is 1. The lowest BCUT2D eigenvalue weighted by Gasteiger charge is -2.33. The molecule has 5 heteroatoms. The normalized spacial score (nSPS) is 31.0. The second-order valence-electron chi connectivity index (χ2n) is 6.44. The number of hydrogen-bond acceptors (Lipinski definition) is 4. The van der Waals surface area contributed by atoms with Crippen LogP contribution in [0, 0.1) is 11.8 Å². The lowest BCUT2D eigenvalue weighted by molar-refractivity contribution is -0.127. The Morgan fingerprint density at radius 2 is 2.29 bits per heavy atom. The molecule has 1 saturated carbocycles. The molecule has 122 valence electrons. The Balaban J connectivity index is 1.71. The van der Waals surface area contributed by atoms with E-state index in [1.165, 1.54) is 6.42 Å². The predicted octanol–water partition coefficient (Wildman–Crippen LogP) is 0.979. The number of carbonyl (C=O) groups excluding carboxylic acids is 1. The summed E-state index contributed by atoms with van der Waals surface area (Å²) in [6, 6.07) is 0. The Morgan fingerprint density at radius 3 is 3.05 bits per heavy atom. The number of nitrogens with two attached hydrogens (primary N) is 1. The first-order valence-electron chi connectivity index (χ1n) is 8.54. The lowest BCUT2D eigenvalue weighted by Crippen LogP contribution is -2.48. The maximum atomic E-state index is 12.3. The van der Waals surface area contributed by atoms with Crippen molar-refractivity contribution in [2.75, 3.05) is 39.3 Å². The van der Waals surface area contributed by atoms with Gasteiger partial charge in [0, 0.05) is 25.6 Å². The van der Waals surface area contributed by atoms with Gasteiger partial charge in [0.05, 0.1) is 12.7 Å². The highest BCUT2D eigenvalue weighted by Crippen LogP contribution is 2.30. The second-order valence-corrected chi connectivity index (χ2v) is 6.44. The summed E-state index contributed by atoms with van der Waals surface area (Å²) < 4.78 is 5.73. The third-order valence-corrected chi connectivity index (χ3v) is 4.90. The van der Waals surface area contributed by atoms with E-state index in [2.05, 4.69) is 17.1 Å². The quantitative estimate of drug-likeness (QED) is 0.767. The maximum Gasteiger partial charge on any atom is 0.223 e. The van der Waals surface area contributed by atoms with Gasteiger partial charge in [-0.3, -0.25) is 9.69 Å². The van der Waals surface area contributed by atoms with E-state index in [4.69, 9.17) is 10.5 Å². The van der Waals surface area contributed by atoms with Crippen molar-refractivity contribution in [2.45, 2.75) is 45.1 Å². The summed E-state index contributed by atoms with van der Waals surface area (Å²) in [7, 11) is 0. The largest absolute Gasteiger partial charge is 0.374 e. The van der Waals surface area contributed by atoms with Gasteiger partial charge in [-0.1, -0.05) is 19.8 Å². The van der Waals surface area contributed by atoms with Crippen molar-refractivity contribution in [3.63, 3.8) is 0 Å². The molecule has 1 aliphatic carbocycles. The van der Waals surface area contributed by atoms with Crippen molar-refractivity contribution in [1.29, 1.82) is 0 Å². The molecule has 1 saturated heterocycles. The molecule has 2 fully saturated rings. The summed E-state index contributed by atoms with van der Waals surface area (Å²) >= 11 is 0. The van der Waals surface area contributed by atoms with Crippen molar-refractivity contribution >= 4 is 5.91 Å². The molecule has 3 unspecified atom stereocenters. The molecule has 21 heavy (non-hydrogen) atoms. The van der Waals surface area contributed by atoms with E-state index in [0.717, 1.165) is 58.5 Å². The SMILES string of the molecule is CCN1CCOC(CNC(=O)C2CCCC(CCN)C2)C1. The van der Waals surface area contributed by atoms with Crippen LogP contribution in [0.3, 0.4) is 0 Å². The first-order valence-corrected chi connectivity index (χ1v) is 8.54. The van der Waals surface area contributed by atoms with Crippen LogP contribution in [-0.2, 0) is 9.53 Å². The minimum absolute atomic E-state index is 0.145. The van der Waals surface area contributed by atoms with Gasteiger partial charge >= 0.3 is 0 Å². The third kappa shape index (κ3) is 5.24. The van der Waals surface area contributed by atoms with Crippen LogP contribution in [0.15, 0.2) is 0 Å². The molecule has 3 atom stereocenters. The monoisotopic (exact) mass is 297 g/mol. The van der Waals surface area contributed by atoms with E-state index < -0.39 is 0 Å². The predicted molar refractivity (Wildman–Crippen MR) is 84.0 cm³/mol. The fourth-order valence-electron chi connectivity index (χ4n) is 3.58. The summed E-state index contributed by atoms with van der Waals surface area (Å²) in [5.74, 6) is 1.04. The van der Waals surface area contributed by atoms with Crippen molar-refractivity contribution in [2.24, 2.45) is 17.6 Å². The molecule has 1 heterocycles. The Kier molecular flexibility index (Phi) is 6.93.